The molecular formula is C16H17FN6O2. The quantitative estimate of drug-likeness (QED) is 0.612. The summed E-state index contributed by atoms with van der Waals surface area (Å²) in [6, 6.07) is 7.97. The number of nitrogens with zero attached hydrogens (tertiary/aromatic N) is 4. The van der Waals surface area contributed by atoms with Gasteiger partial charge in [0.25, 0.3) is 0 Å². The fourth-order valence-electron chi connectivity index (χ4n) is 2.39. The molecule has 0 atom stereocenters. The van der Waals surface area contributed by atoms with Crippen molar-refractivity contribution in [2.75, 3.05) is 13.7 Å². The molecule has 8 nitrogen and oxygen atoms in total. The molecule has 0 unspecified atom stereocenters. The van der Waals surface area contributed by atoms with E-state index < -0.39 is 0 Å². The van der Waals surface area contributed by atoms with Crippen LogP contribution in [0.3, 0.4) is 0 Å². The molecule has 2 heterocycles. The first kappa shape index (κ1) is 16.8. The molecule has 0 aliphatic heterocycles. The molecule has 3 rings (SSSR count). The van der Waals surface area contributed by atoms with Crippen LogP contribution in [0.2, 0.25) is 0 Å². The standard InChI is InChI=1S/C16H17FN6O2/c1-18-15(25)9-14-19-16(23(22-14)6-7-24)13-8-12(20-21-13)10-4-2-3-5-11(10)17/h2-5,8,24H,6-7,9H2,1H3,(H,18,25)(H,20,21). The number of hydrogen-bond acceptors (Lipinski definition) is 5. The average molecular weight is 344 g/mol. The summed E-state index contributed by atoms with van der Waals surface area (Å²) in [5.41, 5.74) is 1.31. The van der Waals surface area contributed by atoms with Crippen LogP contribution in [0.1, 0.15) is 5.82 Å². The lowest BCUT2D eigenvalue weighted by Crippen LogP contribution is -2.20. The Balaban J connectivity index is 1.96. The van der Waals surface area contributed by atoms with E-state index in [4.69, 9.17) is 0 Å². The van der Waals surface area contributed by atoms with Crippen LogP contribution in [0, 0.1) is 5.82 Å². The van der Waals surface area contributed by atoms with E-state index in [1.165, 1.54) is 17.8 Å². The molecular weight excluding hydrogens is 327 g/mol. The summed E-state index contributed by atoms with van der Waals surface area (Å²) in [6.45, 7) is 0.0776. The highest BCUT2D eigenvalue weighted by Crippen LogP contribution is 2.25. The Bertz CT molecular complexity index is 888. The maximum Gasteiger partial charge on any atom is 0.227 e. The Morgan fingerprint density at radius 3 is 2.92 bits per heavy atom. The Kier molecular flexibility index (Phi) is 4.85. The second-order valence-corrected chi connectivity index (χ2v) is 5.30. The number of benzene rings is 1. The number of hydrogen-bond donors (Lipinski definition) is 3. The van der Waals surface area contributed by atoms with Crippen molar-refractivity contribution in [1.82, 2.24) is 30.3 Å². The molecule has 0 radical (unpaired) electrons. The van der Waals surface area contributed by atoms with Crippen LogP contribution in [0.15, 0.2) is 30.3 Å². The zero-order valence-corrected chi connectivity index (χ0v) is 13.5. The monoisotopic (exact) mass is 344 g/mol. The zero-order valence-electron chi connectivity index (χ0n) is 13.5. The predicted octanol–water partition coefficient (Wildman–Crippen LogP) is 0.755. The van der Waals surface area contributed by atoms with Gasteiger partial charge in [-0.05, 0) is 18.2 Å². The van der Waals surface area contributed by atoms with E-state index in [-0.39, 0.29) is 31.3 Å². The van der Waals surface area contributed by atoms with E-state index in [1.54, 1.807) is 24.3 Å². The Labute approximate surface area is 142 Å². The third-order valence-corrected chi connectivity index (χ3v) is 3.59. The van der Waals surface area contributed by atoms with E-state index in [0.29, 0.717) is 28.6 Å². The predicted molar refractivity (Wildman–Crippen MR) is 87.9 cm³/mol. The minimum absolute atomic E-state index is 0.0240. The van der Waals surface area contributed by atoms with Gasteiger partial charge in [0.1, 0.15) is 11.5 Å². The van der Waals surface area contributed by atoms with Crippen molar-refractivity contribution < 1.29 is 14.3 Å². The molecule has 0 saturated carbocycles. The number of amides is 1. The molecule has 25 heavy (non-hydrogen) atoms. The zero-order chi connectivity index (χ0) is 17.8. The van der Waals surface area contributed by atoms with Crippen molar-refractivity contribution in [2.24, 2.45) is 0 Å². The molecule has 0 aliphatic carbocycles. The number of aromatic amines is 1. The van der Waals surface area contributed by atoms with Gasteiger partial charge in [0.05, 0.1) is 25.3 Å². The van der Waals surface area contributed by atoms with Gasteiger partial charge in [-0.25, -0.2) is 14.1 Å². The molecule has 3 N–H and O–H groups in total. The second-order valence-electron chi connectivity index (χ2n) is 5.30. The molecule has 1 amide bonds. The van der Waals surface area contributed by atoms with Crippen LogP contribution in [0.25, 0.3) is 22.8 Å². The third-order valence-electron chi connectivity index (χ3n) is 3.59. The highest BCUT2D eigenvalue weighted by molar-refractivity contribution is 5.77. The SMILES string of the molecule is CNC(=O)Cc1nc(-c2cc(-c3ccccc3F)n[nH]2)n(CCO)n1. The normalized spacial score (nSPS) is 10.8. The van der Waals surface area contributed by atoms with E-state index in [1.807, 2.05) is 0 Å². The molecule has 0 spiro atoms. The largest absolute Gasteiger partial charge is 0.394 e. The van der Waals surface area contributed by atoms with Gasteiger partial charge in [-0.15, -0.1) is 0 Å². The van der Waals surface area contributed by atoms with E-state index in [0.717, 1.165) is 0 Å². The first-order chi connectivity index (χ1) is 12.1. The maximum absolute atomic E-state index is 13.9. The van der Waals surface area contributed by atoms with E-state index >= 15 is 0 Å². The molecule has 0 saturated heterocycles. The summed E-state index contributed by atoms with van der Waals surface area (Å²) < 4.78 is 15.4. The minimum atomic E-state index is -0.377. The van der Waals surface area contributed by atoms with Crippen LogP contribution in [0.5, 0.6) is 0 Å². The van der Waals surface area contributed by atoms with Crippen molar-refractivity contribution in [3.8, 4) is 22.8 Å². The number of H-pyrrole nitrogens is 1. The number of nitrogens with one attached hydrogen (secondary N) is 2. The van der Waals surface area contributed by atoms with Gasteiger partial charge in [0.2, 0.25) is 5.91 Å². The van der Waals surface area contributed by atoms with Crippen LogP contribution in [-0.2, 0) is 17.8 Å². The molecule has 130 valence electrons. The van der Waals surface area contributed by atoms with Crippen LogP contribution in [0.4, 0.5) is 4.39 Å². The fraction of sp³-hybridized carbons (Fsp3) is 0.250. The molecule has 0 aliphatic rings. The number of carbonyl (C=O) groups excluding carboxylic acids is 1. The first-order valence-corrected chi connectivity index (χ1v) is 7.68. The van der Waals surface area contributed by atoms with Gasteiger partial charge in [-0.2, -0.15) is 10.2 Å². The minimum Gasteiger partial charge on any atom is -0.394 e. The van der Waals surface area contributed by atoms with Gasteiger partial charge in [0.15, 0.2) is 11.6 Å². The number of halogens is 1. The Morgan fingerprint density at radius 2 is 2.20 bits per heavy atom. The smallest absolute Gasteiger partial charge is 0.227 e. The topological polar surface area (TPSA) is 109 Å². The molecule has 9 heteroatoms. The van der Waals surface area contributed by atoms with Crippen molar-refractivity contribution in [1.29, 1.82) is 0 Å². The third kappa shape index (κ3) is 3.56. The summed E-state index contributed by atoms with van der Waals surface area (Å²) in [4.78, 5) is 15.8. The van der Waals surface area contributed by atoms with E-state index in [2.05, 4.69) is 25.6 Å². The van der Waals surface area contributed by atoms with Gasteiger partial charge >= 0.3 is 0 Å². The van der Waals surface area contributed by atoms with Crippen LogP contribution < -0.4 is 5.32 Å². The number of carbonyl (C=O) groups is 1. The van der Waals surface area contributed by atoms with Gasteiger partial charge in [0, 0.05) is 12.6 Å². The number of aliphatic hydroxyl groups is 1. The van der Waals surface area contributed by atoms with Crippen molar-refractivity contribution in [3.05, 3.63) is 42.0 Å². The summed E-state index contributed by atoms with van der Waals surface area (Å²) >= 11 is 0. The number of rotatable bonds is 6. The maximum atomic E-state index is 13.9. The second kappa shape index (κ2) is 7.22. The average Bonchev–Trinajstić information content (AvgIpc) is 3.22. The fourth-order valence-corrected chi connectivity index (χ4v) is 2.39. The first-order valence-electron chi connectivity index (χ1n) is 7.68. The van der Waals surface area contributed by atoms with Gasteiger partial charge < -0.3 is 10.4 Å². The van der Waals surface area contributed by atoms with Crippen molar-refractivity contribution >= 4 is 5.91 Å². The van der Waals surface area contributed by atoms with Crippen molar-refractivity contribution in [3.63, 3.8) is 0 Å². The van der Waals surface area contributed by atoms with Crippen LogP contribution in [-0.4, -0.2) is 49.6 Å². The summed E-state index contributed by atoms with van der Waals surface area (Å²) in [5.74, 6) is 0.148. The molecule has 0 bridgehead atoms. The highest BCUT2D eigenvalue weighted by atomic mass is 19.1. The van der Waals surface area contributed by atoms with Crippen LogP contribution >= 0.6 is 0 Å². The molecule has 0 fully saturated rings. The number of likely N-dealkylation sites (N-methyl/N-ethyl adjacent to an activating group) is 1. The summed E-state index contributed by atoms with van der Waals surface area (Å²) in [5, 5.41) is 22.9. The highest BCUT2D eigenvalue weighted by Gasteiger charge is 2.17. The Hall–Kier alpha value is -3.07. The molecule has 3 aromatic rings. The molecule has 2 aromatic heterocycles. The van der Waals surface area contributed by atoms with Gasteiger partial charge in [-0.3, -0.25) is 9.89 Å². The molecule has 1 aromatic carbocycles. The lowest BCUT2D eigenvalue weighted by atomic mass is 10.1. The van der Waals surface area contributed by atoms with Gasteiger partial charge in [-0.1, -0.05) is 12.1 Å². The number of aromatic nitrogens is 5. The number of aliphatic hydroxyl groups excluding tert-OH is 1. The lowest BCUT2D eigenvalue weighted by molar-refractivity contribution is -0.120. The summed E-state index contributed by atoms with van der Waals surface area (Å²) in [6.07, 6.45) is 0.0240. The van der Waals surface area contributed by atoms with E-state index in [9.17, 15) is 14.3 Å². The summed E-state index contributed by atoms with van der Waals surface area (Å²) in [7, 11) is 1.53. The Morgan fingerprint density at radius 1 is 1.40 bits per heavy atom. The lowest BCUT2D eigenvalue weighted by Gasteiger charge is -2.00. The van der Waals surface area contributed by atoms with Crippen molar-refractivity contribution in [2.45, 2.75) is 13.0 Å².